The van der Waals surface area contributed by atoms with E-state index in [1.165, 1.54) is 0 Å². The molecular formula is C12H22O12. The number of aliphatic hydroxyl groups excluding tert-OH is 9. The maximum Gasteiger partial charge on any atom is 0.338 e. The predicted molar refractivity (Wildman–Crippen MR) is 72.2 cm³/mol. The first-order valence-electron chi connectivity index (χ1n) is 6.76. The Hall–Kier alpha value is -1.22. The fourth-order valence-electron chi connectivity index (χ4n) is 1.60. The largest absolute Gasteiger partial charge is 0.455 e. The molecule has 0 aromatic carbocycles. The smallest absolute Gasteiger partial charge is 0.338 e. The van der Waals surface area contributed by atoms with E-state index in [4.69, 9.17) is 46.0 Å². The Bertz CT molecular complexity index is 383. The Morgan fingerprint density at radius 3 is 1.96 bits per heavy atom. The lowest BCUT2D eigenvalue weighted by molar-refractivity contribution is -0.206. The van der Waals surface area contributed by atoms with Crippen LogP contribution in [-0.4, -0.2) is 120 Å². The molecule has 0 amide bonds. The van der Waals surface area contributed by atoms with Gasteiger partial charge in [0, 0.05) is 0 Å². The number of rotatable bonds is 6. The van der Waals surface area contributed by atoms with Gasteiger partial charge in [0.2, 0.25) is 0 Å². The van der Waals surface area contributed by atoms with Crippen molar-refractivity contribution in [1.82, 2.24) is 0 Å². The maximum atomic E-state index is 10.7. The number of carbonyl (C=O) groups excluding carboxylic acids is 2. The predicted octanol–water partition coefficient (Wildman–Crippen LogP) is -6.39. The highest BCUT2D eigenvalue weighted by atomic mass is 16.6. The maximum absolute atomic E-state index is 10.7. The van der Waals surface area contributed by atoms with Gasteiger partial charge in [-0.1, -0.05) is 0 Å². The van der Waals surface area contributed by atoms with Gasteiger partial charge in [-0.25, -0.2) is 4.79 Å². The normalized spacial score (nSPS) is 31.8. The molecule has 1 saturated heterocycles. The number of hydrogen-bond donors (Lipinski definition) is 9. The topological polar surface area (TPSA) is 225 Å². The van der Waals surface area contributed by atoms with E-state index >= 15 is 0 Å². The van der Waals surface area contributed by atoms with E-state index in [0.717, 1.165) is 0 Å². The minimum absolute atomic E-state index is 0.0258. The lowest BCUT2D eigenvalue weighted by Gasteiger charge is -2.32. The van der Waals surface area contributed by atoms with Crippen LogP contribution in [0.1, 0.15) is 0 Å². The highest BCUT2D eigenvalue weighted by molar-refractivity contribution is 5.76. The van der Waals surface area contributed by atoms with Gasteiger partial charge in [-0.3, -0.25) is 0 Å². The summed E-state index contributed by atoms with van der Waals surface area (Å²) < 4.78 is 4.38. The highest BCUT2D eigenvalue weighted by Gasteiger charge is 2.43. The molecule has 1 fully saturated rings. The first-order valence-corrected chi connectivity index (χ1v) is 6.76. The Morgan fingerprint density at radius 2 is 1.54 bits per heavy atom. The molecule has 24 heavy (non-hydrogen) atoms. The molecular weight excluding hydrogens is 336 g/mol. The van der Waals surface area contributed by atoms with E-state index in [1.807, 2.05) is 0 Å². The van der Waals surface area contributed by atoms with Crippen molar-refractivity contribution >= 4 is 12.3 Å². The molecule has 8 atom stereocenters. The van der Waals surface area contributed by atoms with Gasteiger partial charge in [-0.15, -0.1) is 0 Å². The van der Waals surface area contributed by atoms with Crippen LogP contribution in [0.4, 0.5) is 0 Å². The fraction of sp³-hybridized carbons (Fsp3) is 0.833. The van der Waals surface area contributed by atoms with E-state index in [9.17, 15) is 9.59 Å². The van der Waals surface area contributed by atoms with Crippen LogP contribution >= 0.6 is 0 Å². The van der Waals surface area contributed by atoms with Gasteiger partial charge in [-0.05, 0) is 0 Å². The van der Waals surface area contributed by atoms with Gasteiger partial charge in [0.05, 0.1) is 13.2 Å². The van der Waals surface area contributed by atoms with E-state index in [2.05, 4.69) is 4.74 Å². The quantitative estimate of drug-likeness (QED) is 0.159. The van der Waals surface area contributed by atoms with Gasteiger partial charge in [0.15, 0.2) is 18.5 Å². The van der Waals surface area contributed by atoms with Crippen molar-refractivity contribution in [2.24, 2.45) is 0 Å². The summed E-state index contributed by atoms with van der Waals surface area (Å²) in [6.45, 7) is -1.35. The lowest BCUT2D eigenvalue weighted by atomic mass is 10.0. The second-order valence-corrected chi connectivity index (χ2v) is 4.94. The zero-order valence-corrected chi connectivity index (χ0v) is 12.4. The molecule has 0 saturated carbocycles. The van der Waals surface area contributed by atoms with Crippen molar-refractivity contribution in [2.45, 2.75) is 48.8 Å². The Labute approximate surface area is 135 Å². The first kappa shape index (κ1) is 22.8. The fourth-order valence-corrected chi connectivity index (χ4v) is 1.60. The molecule has 0 unspecified atom stereocenters. The summed E-state index contributed by atoms with van der Waals surface area (Å²) in [5.74, 6) is -1.04. The van der Waals surface area contributed by atoms with Crippen molar-refractivity contribution in [3.8, 4) is 0 Å². The van der Waals surface area contributed by atoms with Gasteiger partial charge >= 0.3 is 5.97 Å². The summed E-state index contributed by atoms with van der Waals surface area (Å²) in [4.78, 5) is 20.6. The molecule has 1 rings (SSSR count). The molecule has 0 aromatic rings. The Morgan fingerprint density at radius 1 is 1.00 bits per heavy atom. The van der Waals surface area contributed by atoms with Crippen molar-refractivity contribution in [3.63, 3.8) is 0 Å². The SMILES string of the molecule is O=C1O[C@H](CO)[C@@H](O)[C@H](O)[C@H]1O.O=C[C@H](O)[C@@H](O)[C@@H](O)[C@H](O)CO. The summed E-state index contributed by atoms with van der Waals surface area (Å²) in [6.07, 6.45) is -12.8. The first-order chi connectivity index (χ1) is 11.1. The van der Waals surface area contributed by atoms with Gasteiger partial charge < -0.3 is 55.5 Å². The van der Waals surface area contributed by atoms with Crippen LogP contribution in [0.15, 0.2) is 0 Å². The minimum atomic E-state index is -1.79. The van der Waals surface area contributed by atoms with Crippen molar-refractivity contribution in [1.29, 1.82) is 0 Å². The van der Waals surface area contributed by atoms with Crippen LogP contribution in [0.5, 0.6) is 0 Å². The molecule has 0 aliphatic carbocycles. The number of esters is 1. The second kappa shape index (κ2) is 10.6. The number of aldehydes is 1. The number of ether oxygens (including phenoxy) is 1. The van der Waals surface area contributed by atoms with E-state index in [0.29, 0.717) is 0 Å². The average Bonchev–Trinajstić information content (AvgIpc) is 2.60. The van der Waals surface area contributed by atoms with Crippen LogP contribution in [0.3, 0.4) is 0 Å². The van der Waals surface area contributed by atoms with E-state index in [-0.39, 0.29) is 6.29 Å². The van der Waals surface area contributed by atoms with Crippen LogP contribution in [-0.2, 0) is 14.3 Å². The number of hydrogen-bond acceptors (Lipinski definition) is 12. The lowest BCUT2D eigenvalue weighted by Crippen LogP contribution is -2.56. The molecule has 1 aliphatic heterocycles. The molecule has 12 heteroatoms. The highest BCUT2D eigenvalue weighted by Crippen LogP contribution is 2.15. The van der Waals surface area contributed by atoms with Gasteiger partial charge in [0.1, 0.15) is 36.6 Å². The Balaban J connectivity index is 0.000000441. The monoisotopic (exact) mass is 358 g/mol. The summed E-state index contributed by atoms with van der Waals surface area (Å²) in [7, 11) is 0. The molecule has 142 valence electrons. The van der Waals surface area contributed by atoms with Crippen molar-refractivity contribution in [3.05, 3.63) is 0 Å². The van der Waals surface area contributed by atoms with Gasteiger partial charge in [0.25, 0.3) is 0 Å². The zero-order valence-electron chi connectivity index (χ0n) is 12.4. The Kier molecular flexibility index (Phi) is 10.1. The van der Waals surface area contributed by atoms with E-state index in [1.54, 1.807) is 0 Å². The summed E-state index contributed by atoms with van der Waals surface area (Å²) in [5.41, 5.74) is 0. The number of carbonyl (C=O) groups is 2. The molecule has 1 heterocycles. The van der Waals surface area contributed by atoms with Crippen LogP contribution in [0.2, 0.25) is 0 Å². The van der Waals surface area contributed by atoms with Gasteiger partial charge in [-0.2, -0.15) is 0 Å². The summed E-state index contributed by atoms with van der Waals surface area (Å²) in [6, 6.07) is 0. The van der Waals surface area contributed by atoms with E-state index < -0.39 is 68.0 Å². The minimum Gasteiger partial charge on any atom is -0.455 e. The molecule has 0 spiro atoms. The van der Waals surface area contributed by atoms with Crippen LogP contribution < -0.4 is 0 Å². The summed E-state index contributed by atoms with van der Waals surface area (Å²) >= 11 is 0. The molecule has 9 N–H and O–H groups in total. The standard InChI is InChI=1S/C6H10O6.C6H12O6/c7-1-2-3(8)4(9)5(10)6(11)12-2;7-1-3(9)5(11)6(12)4(10)2-8/h2-5,7-10H,1H2;1,3-6,8-12H,2H2/t2-,3-,4+,5-;3-,4+,5+,6-/m10/s1. The molecule has 12 nitrogen and oxygen atoms in total. The third-order valence-electron chi connectivity index (χ3n) is 3.16. The molecule has 0 radical (unpaired) electrons. The van der Waals surface area contributed by atoms with Crippen LogP contribution in [0.25, 0.3) is 0 Å². The number of cyclic esters (lactones) is 1. The third kappa shape index (κ3) is 6.01. The number of aliphatic hydroxyl groups is 9. The van der Waals surface area contributed by atoms with Crippen molar-refractivity contribution < 1.29 is 60.3 Å². The molecule has 1 aliphatic rings. The molecule has 0 aromatic heterocycles. The average molecular weight is 358 g/mol. The zero-order chi connectivity index (χ0) is 19.0. The van der Waals surface area contributed by atoms with Crippen LogP contribution in [0, 0.1) is 0 Å². The summed E-state index contributed by atoms with van der Waals surface area (Å²) in [5, 5.41) is 79.0. The van der Waals surface area contributed by atoms with Crippen molar-refractivity contribution in [2.75, 3.05) is 13.2 Å². The second-order valence-electron chi connectivity index (χ2n) is 4.94. The molecule has 0 bridgehead atoms. The third-order valence-corrected chi connectivity index (χ3v) is 3.16.